The smallest absolute Gasteiger partial charge is 0.294 e. The molecule has 0 aromatic heterocycles. The number of carbonyl (C=O) groups excluding carboxylic acids is 2. The number of benzene rings is 2. The third-order valence-corrected chi connectivity index (χ3v) is 8.11. The molecule has 2 saturated heterocycles. The highest BCUT2D eigenvalue weighted by atomic mass is 32.2. The van der Waals surface area contributed by atoms with E-state index in [4.69, 9.17) is 10.3 Å². The number of carbonyl (C=O) groups is 2. The molecule has 0 aliphatic carbocycles. The molecule has 4 atom stereocenters. The number of amides is 2. The highest BCUT2D eigenvalue weighted by molar-refractivity contribution is 7.85. The normalized spacial score (nSPS) is 21.1. The van der Waals surface area contributed by atoms with Crippen molar-refractivity contribution in [2.24, 2.45) is 11.7 Å². The van der Waals surface area contributed by atoms with Gasteiger partial charge in [-0.15, -0.1) is 0 Å². The van der Waals surface area contributed by atoms with Gasteiger partial charge in [0.05, 0.1) is 4.90 Å². The Labute approximate surface area is 226 Å². The number of nitrogens with zero attached hydrogens (tertiary/aromatic N) is 1. The van der Waals surface area contributed by atoms with E-state index >= 15 is 0 Å². The number of piperidine rings is 1. The number of nitrogens with two attached hydrogens (primary N) is 1. The Bertz CT molecular complexity index is 1280. The Morgan fingerprint density at radius 1 is 1.05 bits per heavy atom. The maximum absolute atomic E-state index is 13.9. The second-order valence-electron chi connectivity index (χ2n) is 10.2. The maximum atomic E-state index is 13.9. The summed E-state index contributed by atoms with van der Waals surface area (Å²) in [5, 5.41) is 2.63. The molecule has 0 spiro atoms. The molecule has 4 N–H and O–H groups in total. The van der Waals surface area contributed by atoms with Crippen molar-refractivity contribution < 1.29 is 35.7 Å². The topological polar surface area (TPSA) is 130 Å². The fourth-order valence-corrected chi connectivity index (χ4v) is 5.78. The molecular weight excluding hydrogens is 535 g/mol. The van der Waals surface area contributed by atoms with Crippen molar-refractivity contribution in [1.82, 2.24) is 10.2 Å². The lowest BCUT2D eigenvalue weighted by atomic mass is 9.82. The van der Waals surface area contributed by atoms with Gasteiger partial charge in [0.15, 0.2) is 11.6 Å². The van der Waals surface area contributed by atoms with Gasteiger partial charge in [0.1, 0.15) is 5.82 Å². The summed E-state index contributed by atoms with van der Waals surface area (Å²) in [6.07, 6.45) is 3.63. The van der Waals surface area contributed by atoms with E-state index in [2.05, 4.69) is 5.32 Å². The fraction of sp³-hybridized carbons (Fsp3) is 0.481. The first-order chi connectivity index (χ1) is 18.3. The summed E-state index contributed by atoms with van der Waals surface area (Å²) in [6, 6.07) is 7.21. The average molecular weight is 570 g/mol. The van der Waals surface area contributed by atoms with Gasteiger partial charge >= 0.3 is 0 Å². The van der Waals surface area contributed by atoms with E-state index in [1.165, 1.54) is 19.1 Å². The molecule has 2 bridgehead atoms. The number of halogens is 3. The minimum absolute atomic E-state index is 0.0277. The third-order valence-electron chi connectivity index (χ3n) is 7.24. The van der Waals surface area contributed by atoms with Gasteiger partial charge < -0.3 is 16.0 Å². The molecule has 2 heterocycles. The van der Waals surface area contributed by atoms with Gasteiger partial charge in [-0.25, -0.2) is 13.2 Å². The minimum atomic E-state index is -4.02. The van der Waals surface area contributed by atoms with Crippen LogP contribution in [0, 0.1) is 30.3 Å². The minimum Gasteiger partial charge on any atom is -0.356 e. The van der Waals surface area contributed by atoms with Crippen LogP contribution in [0.2, 0.25) is 0 Å². The zero-order chi connectivity index (χ0) is 28.9. The molecule has 12 heteroatoms. The molecule has 0 radical (unpaired) electrons. The van der Waals surface area contributed by atoms with Crippen LogP contribution in [-0.4, -0.2) is 54.4 Å². The van der Waals surface area contributed by atoms with Gasteiger partial charge in [-0.05, 0) is 68.7 Å². The molecule has 4 rings (SSSR count). The molecule has 2 aromatic rings. The Kier molecular flexibility index (Phi) is 10.1. The number of nitrogens with one attached hydrogen (secondary N) is 1. The van der Waals surface area contributed by atoms with E-state index < -0.39 is 27.6 Å². The largest absolute Gasteiger partial charge is 0.356 e. The van der Waals surface area contributed by atoms with Gasteiger partial charge in [-0.1, -0.05) is 17.7 Å². The molecule has 2 amide bonds. The lowest BCUT2D eigenvalue weighted by Crippen LogP contribution is -2.50. The molecular formula is C27H34F3N3O5S. The van der Waals surface area contributed by atoms with Gasteiger partial charge in [-0.3, -0.25) is 14.1 Å². The van der Waals surface area contributed by atoms with Crippen molar-refractivity contribution in [1.29, 1.82) is 0 Å². The highest BCUT2D eigenvalue weighted by Crippen LogP contribution is 2.40. The third kappa shape index (κ3) is 8.26. The van der Waals surface area contributed by atoms with Crippen LogP contribution in [0.25, 0.3) is 0 Å². The summed E-state index contributed by atoms with van der Waals surface area (Å²) in [6.45, 7) is 3.58. The summed E-state index contributed by atoms with van der Waals surface area (Å²) in [5.41, 5.74) is 7.32. The first-order valence-electron chi connectivity index (χ1n) is 12.7. The van der Waals surface area contributed by atoms with Crippen LogP contribution in [0.3, 0.4) is 0 Å². The lowest BCUT2D eigenvalue weighted by molar-refractivity contribution is -0.136. The Morgan fingerprint density at radius 3 is 2.15 bits per heavy atom. The van der Waals surface area contributed by atoms with E-state index in [1.54, 1.807) is 12.1 Å². The Morgan fingerprint density at radius 2 is 1.62 bits per heavy atom. The summed E-state index contributed by atoms with van der Waals surface area (Å²) >= 11 is 0. The van der Waals surface area contributed by atoms with E-state index in [-0.39, 0.29) is 59.2 Å². The number of fused-ring (bicyclic) bond motifs is 2. The van der Waals surface area contributed by atoms with Crippen molar-refractivity contribution >= 4 is 21.9 Å². The van der Waals surface area contributed by atoms with Crippen LogP contribution < -0.4 is 11.1 Å². The second-order valence-corrected chi connectivity index (χ2v) is 11.6. The number of hydrogen-bond donors (Lipinski definition) is 3. The van der Waals surface area contributed by atoms with E-state index in [9.17, 15) is 31.2 Å². The van der Waals surface area contributed by atoms with E-state index in [1.807, 2.05) is 11.8 Å². The molecule has 0 saturated carbocycles. The molecule has 0 unspecified atom stereocenters. The maximum Gasteiger partial charge on any atom is 0.294 e. The van der Waals surface area contributed by atoms with Gasteiger partial charge in [0.25, 0.3) is 10.1 Å². The molecule has 214 valence electrons. The number of hydrogen-bond acceptors (Lipinski definition) is 5. The van der Waals surface area contributed by atoms with Crippen LogP contribution in [0.15, 0.2) is 41.3 Å². The first kappa shape index (κ1) is 30.6. The first-order valence-corrected chi connectivity index (χ1v) is 14.2. The molecule has 2 aliphatic heterocycles. The number of aryl methyl sites for hydroxylation is 1. The molecule has 2 aliphatic rings. The predicted molar refractivity (Wildman–Crippen MR) is 139 cm³/mol. The molecule has 39 heavy (non-hydrogen) atoms. The Hall–Kier alpha value is -2.96. The zero-order valence-electron chi connectivity index (χ0n) is 21.9. The van der Waals surface area contributed by atoms with Gasteiger partial charge in [0, 0.05) is 44.1 Å². The summed E-state index contributed by atoms with van der Waals surface area (Å²) < 4.78 is 70.0. The van der Waals surface area contributed by atoms with Crippen molar-refractivity contribution in [3.05, 3.63) is 65.0 Å². The van der Waals surface area contributed by atoms with Crippen LogP contribution in [0.4, 0.5) is 13.2 Å². The predicted octanol–water partition coefficient (Wildman–Crippen LogP) is 3.51. The molecule has 2 aromatic carbocycles. The standard InChI is InChI=1S/C20H26F3N3O2.C7H8O3S/c1-11(27)25-5-4-20(28)26-14-2-3-15(26)7-13(6-14)19(24)9-12-8-17(22)18(23)10-16(12)21;1-6-2-4-7(5-3-6)11(8,9)10/h8,10,13-15,19H,2-7,9,24H2,1H3,(H,25,27);2-5H,1H3,(H,8,9,10)/t13-,14-,15+,19-;/m1./s1. The van der Waals surface area contributed by atoms with Gasteiger partial charge in [-0.2, -0.15) is 8.42 Å². The van der Waals surface area contributed by atoms with Crippen LogP contribution >= 0.6 is 0 Å². The molecule has 8 nitrogen and oxygen atoms in total. The second kappa shape index (κ2) is 12.9. The fourth-order valence-electron chi connectivity index (χ4n) is 5.30. The van der Waals surface area contributed by atoms with Gasteiger partial charge in [0.2, 0.25) is 11.8 Å². The van der Waals surface area contributed by atoms with E-state index in [0.29, 0.717) is 12.6 Å². The van der Waals surface area contributed by atoms with Crippen molar-refractivity contribution in [2.45, 2.75) is 75.4 Å². The van der Waals surface area contributed by atoms with Crippen molar-refractivity contribution in [2.75, 3.05) is 6.54 Å². The average Bonchev–Trinajstić information content (AvgIpc) is 3.11. The SMILES string of the molecule is CC(=O)NCCC(=O)N1[C@@H]2CC[C@H]1C[C@H]([C@H](N)Cc1cc(F)c(F)cc1F)C2.Cc1ccc(S(=O)(=O)O)cc1. The summed E-state index contributed by atoms with van der Waals surface area (Å²) in [4.78, 5) is 25.3. The lowest BCUT2D eigenvalue weighted by Gasteiger charge is -2.41. The highest BCUT2D eigenvalue weighted by Gasteiger charge is 2.44. The summed E-state index contributed by atoms with van der Waals surface area (Å²) in [7, 11) is -4.02. The monoisotopic (exact) mass is 569 g/mol. The van der Waals surface area contributed by atoms with Crippen LogP contribution in [-0.2, 0) is 26.1 Å². The van der Waals surface area contributed by atoms with Crippen molar-refractivity contribution in [3.63, 3.8) is 0 Å². The summed E-state index contributed by atoms with van der Waals surface area (Å²) in [5.74, 6) is -3.13. The Balaban J connectivity index is 0.000000320. The van der Waals surface area contributed by atoms with Crippen LogP contribution in [0.5, 0.6) is 0 Å². The zero-order valence-corrected chi connectivity index (χ0v) is 22.7. The number of rotatable bonds is 7. The van der Waals surface area contributed by atoms with Crippen molar-refractivity contribution in [3.8, 4) is 0 Å². The van der Waals surface area contributed by atoms with Crippen LogP contribution in [0.1, 0.15) is 50.2 Å². The molecule has 2 fully saturated rings. The quantitative estimate of drug-likeness (QED) is 0.346. The van der Waals surface area contributed by atoms with E-state index in [0.717, 1.165) is 37.3 Å².